The number of ether oxygens (including phenoxy) is 5. The van der Waals surface area contributed by atoms with Crippen LogP contribution in [0.4, 0.5) is 52.4 Å². The molecule has 7 amide bonds. The molecule has 0 saturated carbocycles. The monoisotopic (exact) mass is 1580 g/mol. The van der Waals surface area contributed by atoms with E-state index in [0.29, 0.717) is 29.5 Å². The zero-order valence-corrected chi connectivity index (χ0v) is 64.8. The van der Waals surface area contributed by atoms with Crippen molar-refractivity contribution < 1.29 is 91.8 Å². The van der Waals surface area contributed by atoms with E-state index in [-0.39, 0.29) is 57.7 Å². The number of thiocarbonyl (C=S) groups is 2. The van der Waals surface area contributed by atoms with Crippen LogP contribution in [0.15, 0.2) is 121 Å². The molecule has 600 valence electrons. The topological polar surface area (TPSA) is 583 Å². The summed E-state index contributed by atoms with van der Waals surface area (Å²) in [6.45, 7) is 25.7. The highest BCUT2D eigenvalue weighted by atomic mass is 32.1. The predicted molar refractivity (Wildman–Crippen MR) is 409 cm³/mol. The van der Waals surface area contributed by atoms with Crippen molar-refractivity contribution in [3.05, 3.63) is 200 Å². The first-order valence-corrected chi connectivity index (χ1v) is 33.8. The molecule has 0 aromatic heterocycles. The lowest BCUT2D eigenvalue weighted by Crippen LogP contribution is -2.47. The second-order valence-electron chi connectivity index (χ2n) is 28.6. The lowest BCUT2D eigenvalue weighted by Gasteiger charge is -2.23. The first-order chi connectivity index (χ1) is 50.4. The van der Waals surface area contributed by atoms with Crippen LogP contribution in [0.1, 0.15) is 132 Å². The van der Waals surface area contributed by atoms with E-state index < -0.39 is 131 Å². The third-order valence-electron chi connectivity index (χ3n) is 13.1. The molecule has 0 bridgehead atoms. The lowest BCUT2D eigenvalue weighted by molar-refractivity contribution is -0.385. The van der Waals surface area contributed by atoms with E-state index in [2.05, 4.69) is 26.6 Å². The molecule has 0 spiro atoms. The fourth-order valence-corrected chi connectivity index (χ4v) is 8.57. The molecule has 5 rings (SSSR count). The predicted octanol–water partition coefficient (Wildman–Crippen LogP) is 9.78. The number of amides is 7. The van der Waals surface area contributed by atoms with Gasteiger partial charge in [0, 0.05) is 79.9 Å². The van der Waals surface area contributed by atoms with Crippen molar-refractivity contribution in [3.63, 3.8) is 0 Å². The molecular formula is C70H94N14O24S2. The number of nitrogens with two attached hydrogens (primary N) is 4. The molecule has 40 heteroatoms. The minimum absolute atomic E-state index is 0.00396. The standard InChI is InChI=1S/2C14H19N3O5.2C14H19N3O4S.C14H18N2O6/c2*1-14(2,3)22-13(19)16-11(12(15)18)8-9-4-6-10(7-5-9)17(20)21;2*1-14(2,3)21-13(18)16-11(12(15)22)8-9-4-6-10(7-5-9)17(19)20;1-14(2,3)22-13(19)15-11(12(17)18)8-9-4-6-10(7-5-9)16(20)21/h2*4-7,11H,8H2,1-3H3,(H2,15,18)(H,16,19);2*4-7,11H,8H2,1-3H3,(H2,15,22)(H,16,18);4-7,11H,8H2,1-3H3,(H,15,19)(H,17,18)/t5*11-/m00000/s1. The third kappa shape index (κ3) is 42.1. The van der Waals surface area contributed by atoms with Crippen molar-refractivity contribution in [1.82, 2.24) is 26.6 Å². The number of carboxylic acid groups (broad SMARTS) is 1. The fourth-order valence-electron chi connectivity index (χ4n) is 8.29. The number of hydrogen-bond donors (Lipinski definition) is 10. The Labute approximate surface area is 643 Å². The summed E-state index contributed by atoms with van der Waals surface area (Å²) in [6, 6.07) is 24.4. The van der Waals surface area contributed by atoms with E-state index in [9.17, 15) is 88.9 Å². The highest BCUT2D eigenvalue weighted by Gasteiger charge is 2.29. The van der Waals surface area contributed by atoms with Crippen LogP contribution in [0.3, 0.4) is 0 Å². The number of benzene rings is 5. The number of nitrogens with one attached hydrogen (secondary N) is 5. The Morgan fingerprint density at radius 2 is 0.464 bits per heavy atom. The van der Waals surface area contributed by atoms with Crippen LogP contribution >= 0.6 is 24.4 Å². The van der Waals surface area contributed by atoms with Gasteiger partial charge in [0.25, 0.3) is 28.4 Å². The molecule has 0 heterocycles. The van der Waals surface area contributed by atoms with E-state index in [1.54, 1.807) is 128 Å². The Kier molecular flexibility index (Phi) is 37.8. The molecule has 5 aromatic rings. The summed E-state index contributed by atoms with van der Waals surface area (Å²) < 4.78 is 25.4. The zero-order chi connectivity index (χ0) is 84.6. The van der Waals surface area contributed by atoms with Gasteiger partial charge in [0.2, 0.25) is 11.8 Å². The van der Waals surface area contributed by atoms with Crippen LogP contribution < -0.4 is 49.5 Å². The Morgan fingerprint density at radius 3 is 0.600 bits per heavy atom. The Bertz CT molecular complexity index is 3420. The van der Waals surface area contributed by atoms with Crippen molar-refractivity contribution in [2.24, 2.45) is 22.9 Å². The van der Waals surface area contributed by atoms with Gasteiger partial charge >= 0.3 is 36.4 Å². The molecule has 5 atom stereocenters. The third-order valence-corrected chi connectivity index (χ3v) is 13.6. The zero-order valence-electron chi connectivity index (χ0n) is 63.2. The number of nitro groups is 5. The number of carbonyl (C=O) groups excluding carboxylic acids is 7. The summed E-state index contributed by atoms with van der Waals surface area (Å²) >= 11 is 9.88. The molecule has 14 N–H and O–H groups in total. The normalized spacial score (nSPS) is 12.3. The number of rotatable bonds is 25. The molecule has 0 unspecified atom stereocenters. The van der Waals surface area contributed by atoms with Crippen LogP contribution in [0, 0.1) is 50.6 Å². The Hall–Kier alpha value is -12.4. The van der Waals surface area contributed by atoms with Gasteiger partial charge < -0.3 is 78.3 Å². The van der Waals surface area contributed by atoms with Crippen LogP contribution in [-0.2, 0) is 70.2 Å². The van der Waals surface area contributed by atoms with E-state index in [4.69, 9.17) is 76.2 Å². The number of aliphatic carboxylic acids is 1. The van der Waals surface area contributed by atoms with Crippen molar-refractivity contribution in [1.29, 1.82) is 0 Å². The maximum atomic E-state index is 11.8. The minimum atomic E-state index is -1.22. The first-order valence-electron chi connectivity index (χ1n) is 33.0. The van der Waals surface area contributed by atoms with Gasteiger partial charge in [0.15, 0.2) is 0 Å². The van der Waals surface area contributed by atoms with Gasteiger partial charge in [0.05, 0.1) is 46.7 Å². The van der Waals surface area contributed by atoms with Gasteiger partial charge in [-0.25, -0.2) is 28.8 Å². The van der Waals surface area contributed by atoms with Gasteiger partial charge in [-0.3, -0.25) is 60.2 Å². The summed E-state index contributed by atoms with van der Waals surface area (Å²) in [5, 5.41) is 74.3. The van der Waals surface area contributed by atoms with Crippen LogP contribution in [0.25, 0.3) is 0 Å². The number of alkyl carbamates (subject to hydrolysis) is 5. The van der Waals surface area contributed by atoms with Crippen LogP contribution in [0.2, 0.25) is 0 Å². The Morgan fingerprint density at radius 1 is 0.318 bits per heavy atom. The second kappa shape index (κ2) is 43.4. The summed E-state index contributed by atoms with van der Waals surface area (Å²) in [4.78, 5) is 143. The van der Waals surface area contributed by atoms with Gasteiger partial charge in [-0.1, -0.05) is 85.1 Å². The summed E-state index contributed by atoms with van der Waals surface area (Å²) in [7, 11) is 0. The molecule has 110 heavy (non-hydrogen) atoms. The van der Waals surface area contributed by atoms with E-state index in [1.807, 2.05) is 0 Å². The van der Waals surface area contributed by atoms with Gasteiger partial charge in [-0.05, 0) is 145 Å². The second-order valence-corrected chi connectivity index (χ2v) is 29.5. The smallest absolute Gasteiger partial charge is 0.408 e. The molecule has 0 saturated heterocycles. The SMILES string of the molecule is CC(C)(C)OC(=O)N[C@@H](Cc1ccc([N+](=O)[O-])cc1)C(=O)O.CC(C)(C)OC(=O)N[C@@H](Cc1ccc([N+](=O)[O-])cc1)C(N)=O.CC(C)(C)OC(=O)N[C@@H](Cc1ccc([N+](=O)[O-])cc1)C(N)=O.CC(C)(C)OC(=O)N[C@@H](Cc1ccc([N+](=O)[O-])cc1)C(N)=S.CC(C)(C)OC(=O)N[C@@H](Cc1ccc([N+](=O)[O-])cc1)C(N)=S. The molecule has 0 aliphatic rings. The molecule has 0 fully saturated rings. The van der Waals surface area contributed by atoms with Gasteiger partial charge in [-0.15, -0.1) is 0 Å². The maximum absolute atomic E-state index is 11.8. The van der Waals surface area contributed by atoms with Crippen molar-refractivity contribution in [2.45, 2.75) is 194 Å². The number of hydrogen-bond acceptors (Lipinski definition) is 25. The molecule has 0 radical (unpaired) electrons. The summed E-state index contributed by atoms with van der Waals surface area (Å²) in [5.41, 5.74) is 21.5. The average molecular weight is 1580 g/mol. The molecule has 38 nitrogen and oxygen atoms in total. The number of carboxylic acids is 1. The highest BCUT2D eigenvalue weighted by Crippen LogP contribution is 2.21. The lowest BCUT2D eigenvalue weighted by atomic mass is 10.1. The maximum Gasteiger partial charge on any atom is 0.408 e. The van der Waals surface area contributed by atoms with Crippen molar-refractivity contribution >= 4 is 111 Å². The molecule has 0 aliphatic heterocycles. The van der Waals surface area contributed by atoms with Crippen LogP contribution in [0.5, 0.6) is 0 Å². The molecule has 5 aromatic carbocycles. The van der Waals surface area contributed by atoms with Gasteiger partial charge in [0.1, 0.15) is 46.1 Å². The summed E-state index contributed by atoms with van der Waals surface area (Å²) in [6.07, 6.45) is -2.69. The highest BCUT2D eigenvalue weighted by molar-refractivity contribution is 7.80. The van der Waals surface area contributed by atoms with Crippen LogP contribution in [-0.4, -0.2) is 146 Å². The largest absolute Gasteiger partial charge is 0.480 e. The number of non-ortho nitro benzene ring substituents is 5. The number of nitrogens with zero attached hydrogens (tertiary/aromatic N) is 5. The fraction of sp³-hybridized carbons (Fsp3) is 0.429. The van der Waals surface area contributed by atoms with Crippen molar-refractivity contribution in [2.75, 3.05) is 0 Å². The molecular weight excluding hydrogens is 1480 g/mol. The first kappa shape index (κ1) is 95.7. The molecule has 0 aliphatic carbocycles. The minimum Gasteiger partial charge on any atom is -0.480 e. The average Bonchev–Trinajstić information content (AvgIpc) is 0.885. The van der Waals surface area contributed by atoms with E-state index in [1.165, 1.54) is 97.1 Å². The quantitative estimate of drug-likeness (QED) is 0.0112. The number of primary amides is 2. The van der Waals surface area contributed by atoms with E-state index >= 15 is 0 Å². The number of nitro benzene ring substituents is 5. The summed E-state index contributed by atoms with van der Waals surface area (Å²) in [5.74, 6) is -2.65. The van der Waals surface area contributed by atoms with Crippen molar-refractivity contribution in [3.8, 4) is 0 Å². The van der Waals surface area contributed by atoms with E-state index in [0.717, 1.165) is 11.1 Å². The number of carbonyl (C=O) groups is 8. The van der Waals surface area contributed by atoms with Gasteiger partial charge in [-0.2, -0.15) is 0 Å². The Balaban J connectivity index is 0.000000687.